The van der Waals surface area contributed by atoms with Gasteiger partial charge in [-0.25, -0.2) is 0 Å². The third-order valence-corrected chi connectivity index (χ3v) is 2.73. The Hall–Kier alpha value is -2.09. The Bertz CT molecular complexity index is 596. The summed E-state index contributed by atoms with van der Waals surface area (Å²) in [5.74, 6) is 0. The summed E-state index contributed by atoms with van der Waals surface area (Å²) in [6, 6.07) is 16.6. The van der Waals surface area contributed by atoms with Crippen molar-refractivity contribution in [2.24, 2.45) is 0 Å². The third kappa shape index (κ3) is 1.58. The second-order valence-corrected chi connectivity index (χ2v) is 3.84. The number of fused-ring (bicyclic) bond motifs is 1. The lowest BCUT2D eigenvalue weighted by molar-refractivity contribution is 1.11. The molecule has 3 aromatic rings. The molecular formula is C14H11N2. The van der Waals surface area contributed by atoms with E-state index in [9.17, 15) is 0 Å². The van der Waals surface area contributed by atoms with Crippen molar-refractivity contribution in [1.82, 2.24) is 10.2 Å². The minimum Gasteiger partial charge on any atom is -0.277 e. The lowest BCUT2D eigenvalue weighted by atomic mass is 10.0. The Morgan fingerprint density at radius 1 is 1.00 bits per heavy atom. The maximum absolute atomic E-state index is 3.95. The summed E-state index contributed by atoms with van der Waals surface area (Å²) in [6.07, 6.45) is 3.93. The minimum absolute atomic E-state index is 0.925. The van der Waals surface area contributed by atoms with Gasteiger partial charge in [-0.15, -0.1) is 0 Å². The Morgan fingerprint density at radius 3 is 2.75 bits per heavy atom. The van der Waals surface area contributed by atoms with E-state index in [1.807, 2.05) is 18.2 Å². The van der Waals surface area contributed by atoms with Gasteiger partial charge >= 0.3 is 0 Å². The molecule has 2 aromatic carbocycles. The van der Waals surface area contributed by atoms with Gasteiger partial charge in [-0.05, 0) is 23.6 Å². The van der Waals surface area contributed by atoms with Gasteiger partial charge in [0.15, 0.2) is 0 Å². The fraction of sp³-hybridized carbons (Fsp3) is 0.0714. The van der Waals surface area contributed by atoms with Crippen molar-refractivity contribution < 1.29 is 0 Å². The molecule has 16 heavy (non-hydrogen) atoms. The molecule has 2 nitrogen and oxygen atoms in total. The van der Waals surface area contributed by atoms with E-state index in [1.165, 1.54) is 11.1 Å². The van der Waals surface area contributed by atoms with Crippen LogP contribution in [-0.4, -0.2) is 10.2 Å². The Labute approximate surface area is 93.9 Å². The Kier molecular flexibility index (Phi) is 2.18. The predicted octanol–water partition coefficient (Wildman–Crippen LogP) is 2.95. The van der Waals surface area contributed by atoms with E-state index in [0.717, 1.165) is 17.3 Å². The van der Waals surface area contributed by atoms with E-state index in [0.29, 0.717) is 0 Å². The largest absolute Gasteiger partial charge is 0.277 e. The zero-order valence-electron chi connectivity index (χ0n) is 8.77. The molecule has 0 unspecified atom stereocenters. The summed E-state index contributed by atoms with van der Waals surface area (Å²) >= 11 is 0. The first kappa shape index (κ1) is 9.16. The molecule has 0 aliphatic carbocycles. The van der Waals surface area contributed by atoms with Crippen LogP contribution in [0, 0.1) is 6.20 Å². The number of aromatic amines is 1. The molecule has 0 saturated heterocycles. The molecule has 0 aliphatic rings. The van der Waals surface area contributed by atoms with Crippen molar-refractivity contribution in [3.63, 3.8) is 0 Å². The van der Waals surface area contributed by atoms with E-state index in [4.69, 9.17) is 0 Å². The van der Waals surface area contributed by atoms with Crippen molar-refractivity contribution in [3.05, 3.63) is 65.9 Å². The number of nitrogens with zero attached hydrogens (tertiary/aromatic N) is 1. The van der Waals surface area contributed by atoms with Gasteiger partial charge in [0.2, 0.25) is 0 Å². The second kappa shape index (κ2) is 3.81. The maximum atomic E-state index is 3.95. The van der Waals surface area contributed by atoms with E-state index in [2.05, 4.69) is 46.7 Å². The van der Waals surface area contributed by atoms with Crippen LogP contribution in [0.3, 0.4) is 0 Å². The smallest absolute Gasteiger partial charge is 0.121 e. The summed E-state index contributed by atoms with van der Waals surface area (Å²) in [4.78, 5) is 0. The summed E-state index contributed by atoms with van der Waals surface area (Å²) in [6.45, 7) is 0. The topological polar surface area (TPSA) is 28.7 Å². The average Bonchev–Trinajstić information content (AvgIpc) is 2.80. The highest BCUT2D eigenvalue weighted by Gasteiger charge is 2.03. The number of aromatic nitrogens is 2. The van der Waals surface area contributed by atoms with Crippen LogP contribution >= 0.6 is 0 Å². The van der Waals surface area contributed by atoms with Crippen LogP contribution < -0.4 is 0 Å². The summed E-state index contributed by atoms with van der Waals surface area (Å²) in [5.41, 5.74) is 3.62. The van der Waals surface area contributed by atoms with Gasteiger partial charge in [-0.1, -0.05) is 42.5 Å². The van der Waals surface area contributed by atoms with Gasteiger partial charge in [-0.2, -0.15) is 5.10 Å². The molecule has 1 radical (unpaired) electrons. The molecule has 1 heterocycles. The highest BCUT2D eigenvalue weighted by molar-refractivity contribution is 5.81. The maximum Gasteiger partial charge on any atom is 0.121 e. The molecular weight excluding hydrogens is 196 g/mol. The number of hydrogen-bond donors (Lipinski definition) is 1. The molecule has 3 rings (SSSR count). The van der Waals surface area contributed by atoms with Gasteiger partial charge in [0.25, 0.3) is 0 Å². The fourth-order valence-corrected chi connectivity index (χ4v) is 1.93. The molecule has 0 spiro atoms. The van der Waals surface area contributed by atoms with Crippen LogP contribution in [0.1, 0.15) is 11.1 Å². The van der Waals surface area contributed by atoms with Crippen molar-refractivity contribution in [2.45, 2.75) is 6.42 Å². The van der Waals surface area contributed by atoms with E-state index in [-0.39, 0.29) is 0 Å². The highest BCUT2D eigenvalue weighted by Crippen LogP contribution is 2.18. The predicted molar refractivity (Wildman–Crippen MR) is 64.2 cm³/mol. The van der Waals surface area contributed by atoms with Gasteiger partial charge in [0.1, 0.15) is 6.20 Å². The Balaban J connectivity index is 2.04. The molecule has 0 amide bonds. The molecule has 77 valence electrons. The standard InChI is InChI=1S/C14H11N2/c1-2-5-11(6-3-1)9-12-7-4-8-14-13(12)10-15-16-14/h1-8H,9H2,(H,15,16). The highest BCUT2D eigenvalue weighted by atomic mass is 15.1. The van der Waals surface area contributed by atoms with Crippen molar-refractivity contribution in [3.8, 4) is 0 Å². The van der Waals surface area contributed by atoms with Gasteiger partial charge < -0.3 is 0 Å². The van der Waals surface area contributed by atoms with Crippen LogP contribution in [0.15, 0.2) is 48.5 Å². The second-order valence-electron chi connectivity index (χ2n) is 3.84. The van der Waals surface area contributed by atoms with Crippen molar-refractivity contribution in [2.75, 3.05) is 0 Å². The number of hydrogen-bond acceptors (Lipinski definition) is 1. The van der Waals surface area contributed by atoms with Crippen LogP contribution in [0.25, 0.3) is 10.9 Å². The summed E-state index contributed by atoms with van der Waals surface area (Å²) < 4.78 is 0. The molecule has 0 atom stereocenters. The lowest BCUT2D eigenvalue weighted by Crippen LogP contribution is -1.88. The monoisotopic (exact) mass is 207 g/mol. The molecule has 1 aromatic heterocycles. The molecule has 0 bridgehead atoms. The van der Waals surface area contributed by atoms with E-state index < -0.39 is 0 Å². The molecule has 0 fully saturated rings. The van der Waals surface area contributed by atoms with Crippen molar-refractivity contribution >= 4 is 10.9 Å². The first-order valence-electron chi connectivity index (χ1n) is 5.31. The van der Waals surface area contributed by atoms with Crippen molar-refractivity contribution in [1.29, 1.82) is 0 Å². The number of benzene rings is 2. The first-order valence-corrected chi connectivity index (χ1v) is 5.31. The van der Waals surface area contributed by atoms with Gasteiger partial charge in [-0.3, -0.25) is 5.10 Å². The average molecular weight is 207 g/mol. The van der Waals surface area contributed by atoms with Crippen LogP contribution in [-0.2, 0) is 6.42 Å². The van der Waals surface area contributed by atoms with E-state index >= 15 is 0 Å². The number of nitrogens with one attached hydrogen (secondary N) is 1. The molecule has 1 N–H and O–H groups in total. The number of H-pyrrole nitrogens is 1. The molecule has 0 aliphatic heterocycles. The van der Waals surface area contributed by atoms with Crippen LogP contribution in [0.2, 0.25) is 0 Å². The zero-order chi connectivity index (χ0) is 10.8. The molecule has 0 saturated carbocycles. The van der Waals surface area contributed by atoms with Gasteiger partial charge in [0, 0.05) is 5.39 Å². The lowest BCUT2D eigenvalue weighted by Gasteiger charge is -2.02. The molecule has 2 heteroatoms. The number of rotatable bonds is 2. The zero-order valence-corrected chi connectivity index (χ0v) is 8.77. The minimum atomic E-state index is 0.925. The van der Waals surface area contributed by atoms with Gasteiger partial charge in [0.05, 0.1) is 5.52 Å². The first-order chi connectivity index (χ1) is 7.93. The SMILES string of the molecule is [c]1n[nH]c2cccc(Cc3ccccc3)c12. The Morgan fingerprint density at radius 2 is 1.88 bits per heavy atom. The summed E-state index contributed by atoms with van der Waals surface area (Å²) in [7, 11) is 0. The fourth-order valence-electron chi connectivity index (χ4n) is 1.93. The quantitative estimate of drug-likeness (QED) is 0.687. The summed E-state index contributed by atoms with van der Waals surface area (Å²) in [5, 5.41) is 7.98. The van der Waals surface area contributed by atoms with E-state index in [1.54, 1.807) is 0 Å². The van der Waals surface area contributed by atoms with Crippen LogP contribution in [0.4, 0.5) is 0 Å². The normalized spacial score (nSPS) is 10.8. The van der Waals surface area contributed by atoms with Crippen LogP contribution in [0.5, 0.6) is 0 Å². The third-order valence-electron chi connectivity index (χ3n) is 2.73.